The van der Waals surface area contributed by atoms with Crippen LogP contribution in [0.3, 0.4) is 0 Å². The SMILES string of the molecule is CN1C(=O)COc2ccc(C(=O)CN3C(=O)CCc4cc([N+](=O)[O-])ccc43)cc21. The maximum absolute atomic E-state index is 12.9. The van der Waals surface area contributed by atoms with Crippen LogP contribution in [-0.4, -0.2) is 42.7 Å². The van der Waals surface area contributed by atoms with Gasteiger partial charge in [0.1, 0.15) is 5.75 Å². The molecule has 0 aromatic heterocycles. The number of carbonyl (C=O) groups is 3. The maximum atomic E-state index is 12.9. The number of Topliss-reactive ketones (excluding diaryl/α,β-unsaturated/α-hetero) is 1. The lowest BCUT2D eigenvalue weighted by atomic mass is 9.99. The highest BCUT2D eigenvalue weighted by Crippen LogP contribution is 2.34. The molecule has 0 unspecified atom stereocenters. The van der Waals surface area contributed by atoms with Crippen LogP contribution in [0.15, 0.2) is 36.4 Å². The molecule has 0 bridgehead atoms. The zero-order valence-corrected chi connectivity index (χ0v) is 15.6. The second-order valence-corrected chi connectivity index (χ2v) is 6.90. The average Bonchev–Trinajstić information content (AvgIpc) is 2.72. The summed E-state index contributed by atoms with van der Waals surface area (Å²) < 4.78 is 5.36. The van der Waals surface area contributed by atoms with Crippen molar-refractivity contribution in [2.24, 2.45) is 0 Å². The van der Waals surface area contributed by atoms with E-state index in [0.29, 0.717) is 34.7 Å². The molecule has 0 spiro atoms. The monoisotopic (exact) mass is 395 g/mol. The summed E-state index contributed by atoms with van der Waals surface area (Å²) in [6.07, 6.45) is 0.570. The summed E-state index contributed by atoms with van der Waals surface area (Å²) in [6.45, 7) is -0.247. The van der Waals surface area contributed by atoms with Crippen molar-refractivity contribution >= 4 is 34.7 Å². The number of nitro groups is 1. The van der Waals surface area contributed by atoms with E-state index >= 15 is 0 Å². The second kappa shape index (κ2) is 7.01. The average molecular weight is 395 g/mol. The van der Waals surface area contributed by atoms with Gasteiger partial charge in [0.25, 0.3) is 11.6 Å². The third kappa shape index (κ3) is 3.31. The molecule has 2 heterocycles. The summed E-state index contributed by atoms with van der Waals surface area (Å²) in [6, 6.07) is 9.06. The van der Waals surface area contributed by atoms with Crippen LogP contribution < -0.4 is 14.5 Å². The van der Waals surface area contributed by atoms with Crippen LogP contribution in [0.4, 0.5) is 17.1 Å². The Morgan fingerprint density at radius 2 is 1.90 bits per heavy atom. The number of anilines is 2. The van der Waals surface area contributed by atoms with Crippen molar-refractivity contribution in [1.29, 1.82) is 0 Å². The largest absolute Gasteiger partial charge is 0.482 e. The van der Waals surface area contributed by atoms with Gasteiger partial charge in [0.15, 0.2) is 12.4 Å². The van der Waals surface area contributed by atoms with E-state index in [1.54, 1.807) is 25.2 Å². The van der Waals surface area contributed by atoms with Crippen molar-refractivity contribution in [2.45, 2.75) is 12.8 Å². The van der Waals surface area contributed by atoms with E-state index in [0.717, 1.165) is 0 Å². The van der Waals surface area contributed by atoms with Gasteiger partial charge in [-0.05, 0) is 36.2 Å². The molecule has 2 aromatic rings. The number of nitro benzene ring substituents is 1. The third-order valence-electron chi connectivity index (χ3n) is 5.14. The summed E-state index contributed by atoms with van der Waals surface area (Å²) in [5.74, 6) is -0.230. The van der Waals surface area contributed by atoms with Crippen molar-refractivity contribution < 1.29 is 24.0 Å². The normalized spacial score (nSPS) is 15.5. The molecule has 2 aromatic carbocycles. The molecule has 0 saturated carbocycles. The number of ether oxygens (including phenoxy) is 1. The minimum atomic E-state index is -0.487. The first-order chi connectivity index (χ1) is 13.8. The Labute approximate surface area is 165 Å². The summed E-state index contributed by atoms with van der Waals surface area (Å²) in [4.78, 5) is 50.4. The molecule has 0 radical (unpaired) electrons. The predicted molar refractivity (Wildman–Crippen MR) is 103 cm³/mol. The fourth-order valence-corrected chi connectivity index (χ4v) is 3.51. The van der Waals surface area contributed by atoms with Crippen LogP contribution in [0.25, 0.3) is 0 Å². The lowest BCUT2D eigenvalue weighted by Gasteiger charge is -2.29. The standard InChI is InChI=1S/C20H17N3O6/c1-21-16-9-13(2-6-18(16)29-11-20(21)26)17(24)10-22-15-5-4-14(23(27)28)8-12(15)3-7-19(22)25/h2,4-6,8-9H,3,7,10-11H2,1H3. The topological polar surface area (TPSA) is 110 Å². The number of non-ortho nitro benzene ring substituents is 1. The van der Waals surface area contributed by atoms with Gasteiger partial charge in [-0.3, -0.25) is 24.5 Å². The number of carbonyl (C=O) groups excluding carboxylic acids is 3. The van der Waals surface area contributed by atoms with Crippen LogP contribution in [-0.2, 0) is 16.0 Å². The summed E-state index contributed by atoms with van der Waals surface area (Å²) in [7, 11) is 1.61. The number of likely N-dealkylation sites (N-methyl/N-ethyl adjacent to an activating group) is 1. The highest BCUT2D eigenvalue weighted by atomic mass is 16.6. The van der Waals surface area contributed by atoms with Crippen molar-refractivity contribution in [1.82, 2.24) is 0 Å². The van der Waals surface area contributed by atoms with E-state index < -0.39 is 4.92 Å². The number of fused-ring (bicyclic) bond motifs is 2. The minimum Gasteiger partial charge on any atom is -0.482 e. The van der Waals surface area contributed by atoms with Crippen LogP contribution in [0.2, 0.25) is 0 Å². The maximum Gasteiger partial charge on any atom is 0.269 e. The number of nitrogens with zero attached hydrogens (tertiary/aromatic N) is 3. The molecule has 9 nitrogen and oxygen atoms in total. The summed E-state index contributed by atoms with van der Waals surface area (Å²) >= 11 is 0. The Kier molecular flexibility index (Phi) is 4.50. The molecule has 9 heteroatoms. The van der Waals surface area contributed by atoms with Crippen molar-refractivity contribution in [2.75, 3.05) is 30.0 Å². The molecule has 0 saturated heterocycles. The molecule has 148 valence electrons. The lowest BCUT2D eigenvalue weighted by molar-refractivity contribution is -0.384. The Balaban J connectivity index is 1.61. The Morgan fingerprint density at radius 3 is 2.66 bits per heavy atom. The van der Waals surface area contributed by atoms with Crippen molar-refractivity contribution in [3.63, 3.8) is 0 Å². The number of amides is 2. The van der Waals surface area contributed by atoms with Gasteiger partial charge < -0.3 is 14.5 Å². The van der Waals surface area contributed by atoms with Gasteiger partial charge in [0, 0.05) is 36.9 Å². The van der Waals surface area contributed by atoms with Crippen molar-refractivity contribution in [3.8, 4) is 5.75 Å². The molecule has 0 fully saturated rings. The van der Waals surface area contributed by atoms with Crippen LogP contribution in [0.1, 0.15) is 22.3 Å². The van der Waals surface area contributed by atoms with Gasteiger partial charge in [0.2, 0.25) is 5.91 Å². The highest BCUT2D eigenvalue weighted by molar-refractivity contribution is 6.08. The molecule has 0 aliphatic carbocycles. The molecule has 2 aliphatic heterocycles. The minimum absolute atomic E-state index is 0.0493. The number of hydrogen-bond donors (Lipinski definition) is 0. The molecule has 0 N–H and O–H groups in total. The first-order valence-corrected chi connectivity index (χ1v) is 8.99. The van der Waals surface area contributed by atoms with Gasteiger partial charge in [0.05, 0.1) is 17.2 Å². The number of rotatable bonds is 4. The van der Waals surface area contributed by atoms with E-state index in [1.807, 2.05) is 0 Å². The lowest BCUT2D eigenvalue weighted by Crippen LogP contribution is -2.39. The molecule has 4 rings (SSSR count). The first kappa shape index (κ1) is 18.6. The number of ketones is 1. The van der Waals surface area contributed by atoms with Gasteiger partial charge in [-0.25, -0.2) is 0 Å². The van der Waals surface area contributed by atoms with Crippen LogP contribution in [0, 0.1) is 10.1 Å². The fourth-order valence-electron chi connectivity index (χ4n) is 3.51. The summed E-state index contributed by atoms with van der Waals surface area (Å²) in [5.41, 5.74) is 1.96. The zero-order valence-electron chi connectivity index (χ0n) is 15.6. The molecular weight excluding hydrogens is 378 g/mol. The van der Waals surface area contributed by atoms with E-state index in [1.165, 1.54) is 28.0 Å². The predicted octanol–water partition coefficient (Wildman–Crippen LogP) is 2.11. The van der Waals surface area contributed by atoms with Crippen molar-refractivity contribution in [3.05, 3.63) is 57.6 Å². The Bertz CT molecular complexity index is 1060. The molecular formula is C20H17N3O6. The fraction of sp³-hybridized carbons (Fsp3) is 0.250. The van der Waals surface area contributed by atoms with Crippen LogP contribution >= 0.6 is 0 Å². The first-order valence-electron chi connectivity index (χ1n) is 8.99. The van der Waals surface area contributed by atoms with E-state index in [9.17, 15) is 24.5 Å². The number of benzene rings is 2. The molecule has 0 atom stereocenters. The molecule has 2 aliphatic rings. The van der Waals surface area contributed by atoms with Gasteiger partial charge >= 0.3 is 0 Å². The van der Waals surface area contributed by atoms with Gasteiger partial charge in [-0.2, -0.15) is 0 Å². The number of hydrogen-bond acceptors (Lipinski definition) is 6. The third-order valence-corrected chi connectivity index (χ3v) is 5.14. The van der Waals surface area contributed by atoms with Gasteiger partial charge in [-0.15, -0.1) is 0 Å². The highest BCUT2D eigenvalue weighted by Gasteiger charge is 2.29. The Hall–Kier alpha value is -3.75. The van der Waals surface area contributed by atoms with E-state index in [4.69, 9.17) is 4.74 Å². The van der Waals surface area contributed by atoms with Crippen LogP contribution in [0.5, 0.6) is 5.75 Å². The summed E-state index contributed by atoms with van der Waals surface area (Å²) in [5, 5.41) is 11.0. The Morgan fingerprint density at radius 1 is 1.10 bits per heavy atom. The van der Waals surface area contributed by atoms with E-state index in [-0.39, 0.29) is 42.9 Å². The quantitative estimate of drug-likeness (QED) is 0.445. The van der Waals surface area contributed by atoms with E-state index in [2.05, 4.69) is 0 Å². The number of aryl methyl sites for hydroxylation is 1. The van der Waals surface area contributed by atoms with Gasteiger partial charge in [-0.1, -0.05) is 0 Å². The molecule has 29 heavy (non-hydrogen) atoms. The second-order valence-electron chi connectivity index (χ2n) is 6.90. The smallest absolute Gasteiger partial charge is 0.269 e. The molecule has 2 amide bonds. The zero-order chi connectivity index (χ0) is 20.7.